The van der Waals surface area contributed by atoms with Crippen molar-refractivity contribution in [3.05, 3.63) is 0 Å². The zero-order valence-corrected chi connectivity index (χ0v) is 13.1. The number of hydrogen-bond acceptors (Lipinski definition) is 1. The van der Waals surface area contributed by atoms with Crippen molar-refractivity contribution in [3.63, 3.8) is 0 Å². The molecule has 1 N–H and O–H groups in total. The maximum absolute atomic E-state index is 3.48. The van der Waals surface area contributed by atoms with E-state index in [9.17, 15) is 0 Å². The minimum absolute atomic E-state index is 0.389. The lowest BCUT2D eigenvalue weighted by molar-refractivity contribution is 0.255. The zero-order valence-electron chi connectivity index (χ0n) is 13.1. The predicted octanol–water partition coefficient (Wildman–Crippen LogP) is 5.01. The fraction of sp³-hybridized carbons (Fsp3) is 1.00. The molecule has 0 spiro atoms. The van der Waals surface area contributed by atoms with Crippen molar-refractivity contribution in [2.75, 3.05) is 7.05 Å². The first kappa shape index (κ1) is 17.0. The van der Waals surface area contributed by atoms with Crippen molar-refractivity contribution >= 4 is 0 Å². The number of hydrogen-bond donors (Lipinski definition) is 1. The third-order valence-corrected chi connectivity index (χ3v) is 4.04. The van der Waals surface area contributed by atoms with Crippen molar-refractivity contribution < 1.29 is 0 Å². The summed E-state index contributed by atoms with van der Waals surface area (Å²) in [6.07, 6.45) is 9.68. The lowest BCUT2D eigenvalue weighted by Gasteiger charge is -2.31. The van der Waals surface area contributed by atoms with Gasteiger partial charge in [-0.25, -0.2) is 0 Å². The van der Waals surface area contributed by atoms with Gasteiger partial charge in [0.05, 0.1) is 0 Å². The summed E-state index contributed by atoms with van der Waals surface area (Å²) in [5.41, 5.74) is 0.389. The van der Waals surface area contributed by atoms with E-state index in [0.29, 0.717) is 11.5 Å². The summed E-state index contributed by atoms with van der Waals surface area (Å²) in [4.78, 5) is 0. The Morgan fingerprint density at radius 3 is 1.94 bits per heavy atom. The van der Waals surface area contributed by atoms with Crippen molar-refractivity contribution in [2.45, 2.75) is 85.6 Å². The molecule has 0 fully saturated rings. The van der Waals surface area contributed by atoms with E-state index in [1.165, 1.54) is 44.9 Å². The van der Waals surface area contributed by atoms with Gasteiger partial charge in [-0.2, -0.15) is 0 Å². The molecule has 0 aliphatic heterocycles. The van der Waals surface area contributed by atoms with Gasteiger partial charge in [-0.05, 0) is 24.8 Å². The third-order valence-electron chi connectivity index (χ3n) is 4.04. The van der Waals surface area contributed by atoms with Crippen LogP contribution in [0.3, 0.4) is 0 Å². The zero-order chi connectivity index (χ0) is 13.3. The summed E-state index contributed by atoms with van der Waals surface area (Å²) < 4.78 is 0. The molecule has 2 atom stereocenters. The first-order valence-corrected chi connectivity index (χ1v) is 7.62. The van der Waals surface area contributed by atoms with Crippen molar-refractivity contribution in [2.24, 2.45) is 11.3 Å². The Morgan fingerprint density at radius 2 is 1.53 bits per heavy atom. The first-order valence-electron chi connectivity index (χ1n) is 7.62. The van der Waals surface area contributed by atoms with Gasteiger partial charge >= 0.3 is 0 Å². The van der Waals surface area contributed by atoms with Gasteiger partial charge in [0.1, 0.15) is 0 Å². The van der Waals surface area contributed by atoms with E-state index in [-0.39, 0.29) is 0 Å². The monoisotopic (exact) mass is 241 g/mol. The van der Waals surface area contributed by atoms with Gasteiger partial charge < -0.3 is 5.32 Å². The van der Waals surface area contributed by atoms with E-state index in [2.05, 4.69) is 47.0 Å². The van der Waals surface area contributed by atoms with Gasteiger partial charge in [-0.1, -0.05) is 73.1 Å². The Labute approximate surface area is 110 Å². The average molecular weight is 241 g/mol. The molecular formula is C16H35N. The highest BCUT2D eigenvalue weighted by molar-refractivity contribution is 4.79. The topological polar surface area (TPSA) is 12.0 Å². The Balaban J connectivity index is 3.86. The minimum Gasteiger partial charge on any atom is -0.316 e. The second-order valence-corrected chi connectivity index (χ2v) is 6.55. The van der Waals surface area contributed by atoms with E-state index < -0.39 is 0 Å². The molecule has 0 aromatic heterocycles. The molecule has 1 nitrogen and oxygen atoms in total. The Hall–Kier alpha value is -0.0400. The fourth-order valence-electron chi connectivity index (χ4n) is 2.67. The van der Waals surface area contributed by atoms with E-state index in [1.54, 1.807) is 0 Å². The van der Waals surface area contributed by atoms with Gasteiger partial charge in [0.2, 0.25) is 0 Å². The smallest absolute Gasteiger partial charge is 0.0113 e. The molecule has 0 saturated heterocycles. The van der Waals surface area contributed by atoms with Gasteiger partial charge in [-0.15, -0.1) is 0 Å². The number of unbranched alkanes of at least 4 members (excludes halogenated alkanes) is 1. The lowest BCUT2D eigenvalue weighted by atomic mass is 9.82. The van der Waals surface area contributed by atoms with Crippen LogP contribution in [0, 0.1) is 11.3 Å². The first-order chi connectivity index (χ1) is 7.95. The molecule has 104 valence electrons. The van der Waals surface area contributed by atoms with E-state index in [4.69, 9.17) is 0 Å². The predicted molar refractivity (Wildman–Crippen MR) is 79.5 cm³/mol. The average Bonchev–Trinajstić information content (AvgIpc) is 2.26. The third kappa shape index (κ3) is 7.81. The normalized spacial score (nSPS) is 15.9. The van der Waals surface area contributed by atoms with Crippen molar-refractivity contribution in [3.8, 4) is 0 Å². The molecule has 0 bridgehead atoms. The Bertz CT molecular complexity index is 169. The molecule has 0 saturated carbocycles. The summed E-state index contributed by atoms with van der Waals surface area (Å²) in [5, 5.41) is 3.48. The van der Waals surface area contributed by atoms with Crippen LogP contribution in [0.2, 0.25) is 0 Å². The molecule has 0 amide bonds. The van der Waals surface area contributed by atoms with E-state index in [0.717, 1.165) is 5.92 Å². The quantitative estimate of drug-likeness (QED) is 0.598. The van der Waals surface area contributed by atoms with Crippen molar-refractivity contribution in [1.82, 2.24) is 5.32 Å². The molecule has 0 heterocycles. The summed E-state index contributed by atoms with van der Waals surface area (Å²) in [6.45, 7) is 11.6. The van der Waals surface area contributed by atoms with Gasteiger partial charge in [0, 0.05) is 6.04 Å². The van der Waals surface area contributed by atoms with E-state index >= 15 is 0 Å². The maximum atomic E-state index is 3.48. The molecule has 2 unspecified atom stereocenters. The summed E-state index contributed by atoms with van der Waals surface area (Å²) >= 11 is 0. The molecule has 0 radical (unpaired) electrons. The van der Waals surface area contributed by atoms with Crippen LogP contribution in [0.5, 0.6) is 0 Å². The van der Waals surface area contributed by atoms with Crippen LogP contribution in [0.15, 0.2) is 0 Å². The fourth-order valence-corrected chi connectivity index (χ4v) is 2.67. The Morgan fingerprint density at radius 1 is 0.941 bits per heavy atom. The van der Waals surface area contributed by atoms with Crippen molar-refractivity contribution in [1.29, 1.82) is 0 Å². The van der Waals surface area contributed by atoms with Crippen LogP contribution in [0.25, 0.3) is 0 Å². The van der Waals surface area contributed by atoms with Crippen LogP contribution >= 0.6 is 0 Å². The lowest BCUT2D eigenvalue weighted by Crippen LogP contribution is -2.37. The van der Waals surface area contributed by atoms with Gasteiger partial charge in [0.25, 0.3) is 0 Å². The molecule has 0 aromatic carbocycles. The van der Waals surface area contributed by atoms with Gasteiger partial charge in [-0.3, -0.25) is 0 Å². The van der Waals surface area contributed by atoms with Gasteiger partial charge in [0.15, 0.2) is 0 Å². The van der Waals surface area contributed by atoms with Crippen LogP contribution in [-0.4, -0.2) is 13.1 Å². The van der Waals surface area contributed by atoms with Crippen LogP contribution in [-0.2, 0) is 0 Å². The minimum atomic E-state index is 0.389. The molecular weight excluding hydrogens is 206 g/mol. The standard InChI is InChI=1S/C16H35N/c1-7-9-11-14(8-2)12-10-13-15(17-6)16(3,4)5/h14-15,17H,7-13H2,1-6H3. The van der Waals surface area contributed by atoms with Crippen LogP contribution in [0.4, 0.5) is 0 Å². The number of nitrogens with one attached hydrogen (secondary N) is 1. The summed E-state index contributed by atoms with van der Waals surface area (Å²) in [7, 11) is 2.10. The summed E-state index contributed by atoms with van der Waals surface area (Å²) in [6, 6.07) is 0.659. The second kappa shape index (κ2) is 8.97. The maximum Gasteiger partial charge on any atom is 0.0113 e. The summed E-state index contributed by atoms with van der Waals surface area (Å²) in [5.74, 6) is 0.965. The molecule has 17 heavy (non-hydrogen) atoms. The largest absolute Gasteiger partial charge is 0.316 e. The highest BCUT2D eigenvalue weighted by atomic mass is 14.9. The SMILES string of the molecule is CCCCC(CC)CCCC(NC)C(C)(C)C. The van der Waals surface area contributed by atoms with Crippen LogP contribution in [0.1, 0.15) is 79.6 Å². The Kier molecular flexibility index (Phi) is 8.94. The molecule has 1 heteroatoms. The molecule has 0 aliphatic carbocycles. The molecule has 0 aromatic rings. The molecule has 0 aliphatic rings. The highest BCUT2D eigenvalue weighted by Crippen LogP contribution is 2.25. The highest BCUT2D eigenvalue weighted by Gasteiger charge is 2.22. The van der Waals surface area contributed by atoms with E-state index in [1.807, 2.05) is 0 Å². The molecule has 0 rings (SSSR count). The van der Waals surface area contributed by atoms with Crippen LogP contribution < -0.4 is 5.32 Å². The second-order valence-electron chi connectivity index (χ2n) is 6.55. The number of rotatable bonds is 9.